The molecule has 25 heavy (non-hydrogen) atoms. The zero-order valence-corrected chi connectivity index (χ0v) is 14.7. The molecule has 1 aromatic rings. The molecule has 0 radical (unpaired) electrons. The van der Waals surface area contributed by atoms with Gasteiger partial charge in [-0.2, -0.15) is 0 Å². The quantitative estimate of drug-likeness (QED) is 0.691. The highest BCUT2D eigenvalue weighted by Gasteiger charge is 2.42. The van der Waals surface area contributed by atoms with Gasteiger partial charge in [0, 0.05) is 43.8 Å². The molecule has 0 saturated carbocycles. The van der Waals surface area contributed by atoms with Crippen molar-refractivity contribution in [3.63, 3.8) is 0 Å². The molecule has 0 spiro atoms. The first kappa shape index (κ1) is 19.8. The van der Waals surface area contributed by atoms with Crippen LogP contribution in [0.5, 0.6) is 0 Å². The third-order valence-electron chi connectivity index (χ3n) is 4.55. The van der Waals surface area contributed by atoms with Gasteiger partial charge in [-0.1, -0.05) is 26.0 Å². The number of amides is 1. The Balaban J connectivity index is 2.03. The number of hydrogen-bond donors (Lipinski definition) is 3. The summed E-state index contributed by atoms with van der Waals surface area (Å²) in [5.41, 5.74) is -1.85. The van der Waals surface area contributed by atoms with Gasteiger partial charge in [0.15, 0.2) is 17.2 Å². The highest BCUT2D eigenvalue weighted by Crippen LogP contribution is 2.25. The van der Waals surface area contributed by atoms with Crippen LogP contribution in [0.3, 0.4) is 0 Å². The zero-order valence-electron chi connectivity index (χ0n) is 14.7. The second-order valence-electron chi connectivity index (χ2n) is 7.50. The van der Waals surface area contributed by atoms with Crippen molar-refractivity contribution < 1.29 is 23.8 Å². The molecule has 2 rings (SSSR count). The maximum atomic E-state index is 13.8. The van der Waals surface area contributed by atoms with E-state index in [1.165, 1.54) is 17.0 Å². The lowest BCUT2D eigenvalue weighted by Crippen LogP contribution is -2.58. The van der Waals surface area contributed by atoms with E-state index in [2.05, 4.69) is 5.32 Å². The molecule has 3 N–H and O–H groups in total. The van der Waals surface area contributed by atoms with Crippen LogP contribution in [-0.2, 0) is 11.3 Å². The summed E-state index contributed by atoms with van der Waals surface area (Å²) in [6.45, 7) is 4.52. The number of benzene rings is 1. The standard InChI is InChI=1S/C18H26F2N2O3/c1-17(2,12-23)10-21-11-18(25)7-4-8-22(16(18)24)9-13-5-3-6-14(19)15(13)20/h3,5-6,21,23,25H,4,7-12H2,1-2H3. The van der Waals surface area contributed by atoms with Gasteiger partial charge < -0.3 is 20.4 Å². The number of carbonyl (C=O) groups is 1. The van der Waals surface area contributed by atoms with E-state index >= 15 is 0 Å². The number of likely N-dealkylation sites (tertiary alicyclic amines) is 1. The molecule has 1 aromatic carbocycles. The maximum absolute atomic E-state index is 13.8. The molecule has 1 saturated heterocycles. The van der Waals surface area contributed by atoms with E-state index < -0.39 is 23.1 Å². The van der Waals surface area contributed by atoms with Gasteiger partial charge in [-0.05, 0) is 18.9 Å². The first-order valence-electron chi connectivity index (χ1n) is 8.45. The molecule has 1 unspecified atom stereocenters. The van der Waals surface area contributed by atoms with Crippen LogP contribution in [0.1, 0.15) is 32.3 Å². The van der Waals surface area contributed by atoms with Gasteiger partial charge in [-0.15, -0.1) is 0 Å². The molecular formula is C18H26F2N2O3. The molecule has 140 valence electrons. The van der Waals surface area contributed by atoms with Gasteiger partial charge in [0.1, 0.15) is 0 Å². The van der Waals surface area contributed by atoms with Crippen molar-refractivity contribution in [2.75, 3.05) is 26.2 Å². The first-order chi connectivity index (χ1) is 11.7. The van der Waals surface area contributed by atoms with Crippen molar-refractivity contribution in [1.29, 1.82) is 0 Å². The molecule has 0 aromatic heterocycles. The highest BCUT2D eigenvalue weighted by molar-refractivity contribution is 5.86. The summed E-state index contributed by atoms with van der Waals surface area (Å²) in [6.07, 6.45) is 0.880. The Labute approximate surface area is 146 Å². The monoisotopic (exact) mass is 356 g/mol. The number of aliphatic hydroxyl groups is 2. The maximum Gasteiger partial charge on any atom is 0.256 e. The summed E-state index contributed by atoms with van der Waals surface area (Å²) in [5, 5.41) is 23.0. The Hall–Kier alpha value is -1.57. The summed E-state index contributed by atoms with van der Waals surface area (Å²) in [4.78, 5) is 14.0. The van der Waals surface area contributed by atoms with E-state index in [9.17, 15) is 23.8 Å². The number of carbonyl (C=O) groups excluding carboxylic acids is 1. The van der Waals surface area contributed by atoms with Gasteiger partial charge in [0.05, 0.1) is 0 Å². The molecule has 1 atom stereocenters. The Morgan fingerprint density at radius 2 is 2.08 bits per heavy atom. The summed E-state index contributed by atoms with van der Waals surface area (Å²) >= 11 is 0. The van der Waals surface area contributed by atoms with E-state index in [-0.39, 0.29) is 30.7 Å². The lowest BCUT2D eigenvalue weighted by Gasteiger charge is -2.39. The number of hydrogen-bond acceptors (Lipinski definition) is 4. The molecule has 1 heterocycles. The van der Waals surface area contributed by atoms with Gasteiger partial charge in [0.2, 0.25) is 0 Å². The number of nitrogens with zero attached hydrogens (tertiary/aromatic N) is 1. The zero-order chi connectivity index (χ0) is 18.7. The minimum atomic E-state index is -1.58. The van der Waals surface area contributed by atoms with Crippen LogP contribution >= 0.6 is 0 Å². The van der Waals surface area contributed by atoms with Gasteiger partial charge in [-0.25, -0.2) is 8.78 Å². The Morgan fingerprint density at radius 1 is 1.36 bits per heavy atom. The minimum absolute atomic E-state index is 0.0165. The van der Waals surface area contributed by atoms with Crippen LogP contribution < -0.4 is 5.32 Å². The summed E-state index contributed by atoms with van der Waals surface area (Å²) in [6, 6.07) is 3.86. The number of nitrogens with one attached hydrogen (secondary N) is 1. The van der Waals surface area contributed by atoms with Crippen molar-refractivity contribution >= 4 is 5.91 Å². The summed E-state index contributed by atoms with van der Waals surface area (Å²) in [7, 11) is 0. The molecule has 1 fully saturated rings. The Morgan fingerprint density at radius 3 is 2.76 bits per heavy atom. The predicted molar refractivity (Wildman–Crippen MR) is 89.7 cm³/mol. The fraction of sp³-hybridized carbons (Fsp3) is 0.611. The molecule has 0 aliphatic carbocycles. The topological polar surface area (TPSA) is 72.8 Å². The molecule has 1 amide bonds. The summed E-state index contributed by atoms with van der Waals surface area (Å²) in [5.74, 6) is -2.41. The van der Waals surface area contributed by atoms with Crippen LogP contribution in [0.4, 0.5) is 8.78 Å². The van der Waals surface area contributed by atoms with Crippen LogP contribution in [-0.4, -0.2) is 52.9 Å². The Bertz CT molecular complexity index is 624. The van der Waals surface area contributed by atoms with Crippen molar-refractivity contribution in [2.45, 2.75) is 38.8 Å². The van der Waals surface area contributed by atoms with Crippen LogP contribution in [0.25, 0.3) is 0 Å². The Kier molecular flexibility index (Phi) is 6.13. The molecule has 0 bridgehead atoms. The van der Waals surface area contributed by atoms with Crippen molar-refractivity contribution in [1.82, 2.24) is 10.2 Å². The summed E-state index contributed by atoms with van der Waals surface area (Å²) < 4.78 is 27.2. The number of rotatable bonds is 7. The van der Waals surface area contributed by atoms with Crippen molar-refractivity contribution in [2.24, 2.45) is 5.41 Å². The van der Waals surface area contributed by atoms with Crippen molar-refractivity contribution in [3.8, 4) is 0 Å². The van der Waals surface area contributed by atoms with E-state index in [1.807, 2.05) is 13.8 Å². The fourth-order valence-electron chi connectivity index (χ4n) is 2.92. The third-order valence-corrected chi connectivity index (χ3v) is 4.55. The lowest BCUT2D eigenvalue weighted by molar-refractivity contribution is -0.157. The fourth-order valence-corrected chi connectivity index (χ4v) is 2.92. The average Bonchev–Trinajstić information content (AvgIpc) is 2.56. The lowest BCUT2D eigenvalue weighted by atomic mass is 9.90. The molecule has 5 nitrogen and oxygen atoms in total. The smallest absolute Gasteiger partial charge is 0.256 e. The second-order valence-corrected chi connectivity index (χ2v) is 7.50. The molecular weight excluding hydrogens is 330 g/mol. The average molecular weight is 356 g/mol. The first-order valence-corrected chi connectivity index (χ1v) is 8.45. The van der Waals surface area contributed by atoms with E-state index in [4.69, 9.17) is 0 Å². The van der Waals surface area contributed by atoms with Crippen LogP contribution in [0.2, 0.25) is 0 Å². The second kappa shape index (κ2) is 7.76. The SMILES string of the molecule is CC(C)(CO)CNCC1(O)CCCN(Cc2cccc(F)c2F)C1=O. The number of halogens is 2. The number of piperidine rings is 1. The van der Waals surface area contributed by atoms with E-state index in [1.54, 1.807) is 0 Å². The van der Waals surface area contributed by atoms with E-state index in [0.29, 0.717) is 25.9 Å². The van der Waals surface area contributed by atoms with Gasteiger partial charge in [-0.3, -0.25) is 4.79 Å². The van der Waals surface area contributed by atoms with Gasteiger partial charge >= 0.3 is 0 Å². The van der Waals surface area contributed by atoms with Gasteiger partial charge in [0.25, 0.3) is 5.91 Å². The minimum Gasteiger partial charge on any atom is -0.396 e. The van der Waals surface area contributed by atoms with Crippen molar-refractivity contribution in [3.05, 3.63) is 35.4 Å². The molecule has 1 aliphatic heterocycles. The largest absolute Gasteiger partial charge is 0.396 e. The third kappa shape index (κ3) is 4.74. The molecule has 1 aliphatic rings. The van der Waals surface area contributed by atoms with E-state index in [0.717, 1.165) is 6.07 Å². The molecule has 7 heteroatoms. The predicted octanol–water partition coefficient (Wildman–Crippen LogP) is 1.43. The highest BCUT2D eigenvalue weighted by atomic mass is 19.2. The number of aliphatic hydroxyl groups excluding tert-OH is 1. The van der Waals surface area contributed by atoms with Crippen LogP contribution in [0, 0.1) is 17.0 Å². The normalized spacial score (nSPS) is 21.7. The van der Waals surface area contributed by atoms with Crippen LogP contribution in [0.15, 0.2) is 18.2 Å².